The molecule has 0 N–H and O–H groups in total. The fourth-order valence-corrected chi connectivity index (χ4v) is 4.56. The molecule has 0 aromatic carbocycles. The Morgan fingerprint density at radius 2 is 1.79 bits per heavy atom. The minimum atomic E-state index is 0.635. The molecule has 0 radical (unpaired) electrons. The number of rotatable bonds is 2. The van der Waals surface area contributed by atoms with E-state index in [2.05, 4.69) is 41.5 Å². The monoisotopic (exact) mass is 194 g/mol. The summed E-state index contributed by atoms with van der Waals surface area (Å²) in [7, 11) is 0. The molecule has 0 aromatic heterocycles. The van der Waals surface area contributed by atoms with Crippen LogP contribution in [0.25, 0.3) is 0 Å². The summed E-state index contributed by atoms with van der Waals surface area (Å²) in [6.45, 7) is 14.7. The molecule has 0 bridgehead atoms. The summed E-state index contributed by atoms with van der Waals surface area (Å²) in [4.78, 5) is 0. The second-order valence-electron chi connectivity index (χ2n) is 6.53. The van der Waals surface area contributed by atoms with Crippen molar-refractivity contribution in [3.8, 4) is 0 Å². The first-order valence-corrected chi connectivity index (χ1v) is 6.39. The zero-order valence-electron chi connectivity index (χ0n) is 10.7. The first-order chi connectivity index (χ1) is 6.39. The van der Waals surface area contributed by atoms with E-state index < -0.39 is 0 Å². The Morgan fingerprint density at radius 1 is 1.29 bits per heavy atom. The molecule has 2 fully saturated rings. The van der Waals surface area contributed by atoms with E-state index in [4.69, 9.17) is 0 Å². The highest BCUT2D eigenvalue weighted by Crippen LogP contribution is 2.82. The fraction of sp³-hybridized carbons (Fsp3) is 1.00. The Morgan fingerprint density at radius 3 is 2.07 bits per heavy atom. The third kappa shape index (κ3) is 0.907. The van der Waals surface area contributed by atoms with Gasteiger partial charge in [-0.3, -0.25) is 0 Å². The summed E-state index contributed by atoms with van der Waals surface area (Å²) in [6, 6.07) is 0. The van der Waals surface area contributed by atoms with Crippen molar-refractivity contribution in [2.24, 2.45) is 34.5 Å². The summed E-state index contributed by atoms with van der Waals surface area (Å²) >= 11 is 0. The van der Waals surface area contributed by atoms with E-state index in [0.717, 1.165) is 29.1 Å². The summed E-state index contributed by atoms with van der Waals surface area (Å²) in [5.41, 5.74) is 1.37. The van der Waals surface area contributed by atoms with Gasteiger partial charge in [0.15, 0.2) is 0 Å². The van der Waals surface area contributed by atoms with Crippen LogP contribution < -0.4 is 0 Å². The molecule has 0 aliphatic heterocycles. The molecule has 5 unspecified atom stereocenters. The average Bonchev–Trinajstić information content (AvgIpc) is 2.59. The van der Waals surface area contributed by atoms with Crippen LogP contribution in [0.3, 0.4) is 0 Å². The van der Waals surface area contributed by atoms with Gasteiger partial charge in [-0.25, -0.2) is 0 Å². The Balaban J connectivity index is 2.05. The average molecular weight is 194 g/mol. The minimum Gasteiger partial charge on any atom is -0.0651 e. The van der Waals surface area contributed by atoms with Crippen molar-refractivity contribution in [1.82, 2.24) is 0 Å². The van der Waals surface area contributed by atoms with E-state index in [1.165, 1.54) is 12.8 Å². The van der Waals surface area contributed by atoms with E-state index in [1.54, 1.807) is 0 Å². The van der Waals surface area contributed by atoms with Crippen LogP contribution in [-0.4, -0.2) is 0 Å². The van der Waals surface area contributed by atoms with Crippen LogP contribution in [0.2, 0.25) is 0 Å². The highest BCUT2D eigenvalue weighted by atomic mass is 14.8. The zero-order valence-corrected chi connectivity index (χ0v) is 10.7. The van der Waals surface area contributed by atoms with Gasteiger partial charge in [-0.2, -0.15) is 0 Å². The summed E-state index contributed by atoms with van der Waals surface area (Å²) in [5, 5.41) is 0. The van der Waals surface area contributed by atoms with Crippen LogP contribution in [0, 0.1) is 34.5 Å². The second-order valence-corrected chi connectivity index (χ2v) is 6.53. The maximum absolute atomic E-state index is 2.51. The molecule has 0 saturated heterocycles. The molecule has 2 saturated carbocycles. The fourth-order valence-electron chi connectivity index (χ4n) is 4.56. The Labute approximate surface area is 89.5 Å². The first-order valence-electron chi connectivity index (χ1n) is 6.39. The summed E-state index contributed by atoms with van der Waals surface area (Å²) in [6.07, 6.45) is 2.87. The molecule has 2 rings (SSSR count). The smallest absolute Gasteiger partial charge is 0.0181 e. The van der Waals surface area contributed by atoms with Crippen LogP contribution in [0.5, 0.6) is 0 Å². The van der Waals surface area contributed by atoms with Crippen molar-refractivity contribution in [2.75, 3.05) is 0 Å². The van der Waals surface area contributed by atoms with Crippen LogP contribution in [0.15, 0.2) is 0 Å². The third-order valence-electron chi connectivity index (χ3n) is 6.37. The molecule has 2 aliphatic rings. The van der Waals surface area contributed by atoms with E-state index in [9.17, 15) is 0 Å². The minimum absolute atomic E-state index is 0.635. The lowest BCUT2D eigenvalue weighted by Gasteiger charge is -2.49. The molecule has 0 aromatic rings. The SMILES string of the molecule is CCC(C)C1CC2(C1C)C(C)C2(C)C. The topological polar surface area (TPSA) is 0 Å². The van der Waals surface area contributed by atoms with Crippen LogP contribution >= 0.6 is 0 Å². The Bertz CT molecular complexity index is 240. The molecule has 0 heteroatoms. The number of hydrogen-bond donors (Lipinski definition) is 0. The maximum Gasteiger partial charge on any atom is -0.0181 e. The standard InChI is InChI=1S/C14H26/c1-7-9(2)12-8-14(10(12)3)11(4)13(14,5)6/h9-12H,7-8H2,1-6H3. The van der Waals surface area contributed by atoms with Gasteiger partial charge in [0.1, 0.15) is 0 Å². The lowest BCUT2D eigenvalue weighted by Crippen LogP contribution is -2.43. The van der Waals surface area contributed by atoms with Crippen LogP contribution in [0.4, 0.5) is 0 Å². The zero-order chi connectivity index (χ0) is 10.7. The predicted octanol–water partition coefficient (Wildman–Crippen LogP) is 4.35. The molecule has 14 heavy (non-hydrogen) atoms. The van der Waals surface area contributed by atoms with E-state index >= 15 is 0 Å². The van der Waals surface area contributed by atoms with Crippen molar-refractivity contribution in [3.05, 3.63) is 0 Å². The molecule has 0 amide bonds. The first kappa shape index (κ1) is 10.5. The van der Waals surface area contributed by atoms with Crippen molar-refractivity contribution in [2.45, 2.75) is 54.4 Å². The van der Waals surface area contributed by atoms with Crippen LogP contribution in [-0.2, 0) is 0 Å². The quantitative estimate of drug-likeness (QED) is 0.613. The van der Waals surface area contributed by atoms with Crippen LogP contribution in [0.1, 0.15) is 54.4 Å². The maximum atomic E-state index is 2.51. The molecule has 2 aliphatic carbocycles. The normalized spacial score (nSPS) is 51.4. The third-order valence-corrected chi connectivity index (χ3v) is 6.37. The van der Waals surface area contributed by atoms with Gasteiger partial charge in [0, 0.05) is 0 Å². The second kappa shape index (κ2) is 2.77. The molecular formula is C14H26. The van der Waals surface area contributed by atoms with Gasteiger partial charge in [-0.05, 0) is 40.9 Å². The highest BCUT2D eigenvalue weighted by molar-refractivity contribution is 5.23. The van der Waals surface area contributed by atoms with Crippen molar-refractivity contribution in [3.63, 3.8) is 0 Å². The molecule has 0 heterocycles. The van der Waals surface area contributed by atoms with Crippen molar-refractivity contribution < 1.29 is 0 Å². The molecule has 0 nitrogen and oxygen atoms in total. The Kier molecular flexibility index (Phi) is 2.08. The van der Waals surface area contributed by atoms with Gasteiger partial charge in [0.05, 0.1) is 0 Å². The molecular weight excluding hydrogens is 168 g/mol. The van der Waals surface area contributed by atoms with E-state index in [-0.39, 0.29) is 0 Å². The molecule has 5 atom stereocenters. The van der Waals surface area contributed by atoms with E-state index in [0.29, 0.717) is 5.41 Å². The predicted molar refractivity (Wildman–Crippen MR) is 62.1 cm³/mol. The number of hydrogen-bond acceptors (Lipinski definition) is 0. The van der Waals surface area contributed by atoms with Crippen molar-refractivity contribution >= 4 is 0 Å². The lowest BCUT2D eigenvalue weighted by molar-refractivity contribution is -0.0115. The van der Waals surface area contributed by atoms with Gasteiger partial charge in [0.2, 0.25) is 0 Å². The molecule has 1 spiro atoms. The lowest BCUT2D eigenvalue weighted by atomic mass is 9.55. The largest absolute Gasteiger partial charge is 0.0651 e. The van der Waals surface area contributed by atoms with E-state index in [1.807, 2.05) is 0 Å². The van der Waals surface area contributed by atoms with Gasteiger partial charge < -0.3 is 0 Å². The van der Waals surface area contributed by atoms with Gasteiger partial charge in [-0.15, -0.1) is 0 Å². The van der Waals surface area contributed by atoms with Crippen molar-refractivity contribution in [1.29, 1.82) is 0 Å². The van der Waals surface area contributed by atoms with Gasteiger partial charge in [0.25, 0.3) is 0 Å². The molecule has 82 valence electrons. The highest BCUT2D eigenvalue weighted by Gasteiger charge is 2.76. The van der Waals surface area contributed by atoms with Gasteiger partial charge in [-0.1, -0.05) is 48.0 Å². The summed E-state index contributed by atoms with van der Waals surface area (Å²) < 4.78 is 0. The summed E-state index contributed by atoms with van der Waals surface area (Å²) in [5.74, 6) is 3.90. The Hall–Kier alpha value is 0. The van der Waals surface area contributed by atoms with Gasteiger partial charge >= 0.3 is 0 Å².